The van der Waals surface area contributed by atoms with Gasteiger partial charge in [0.05, 0.1) is 5.41 Å². The van der Waals surface area contributed by atoms with Crippen LogP contribution in [0, 0.1) is 11.3 Å². The van der Waals surface area contributed by atoms with Crippen molar-refractivity contribution in [3.05, 3.63) is 0 Å². The van der Waals surface area contributed by atoms with Crippen LogP contribution in [0.25, 0.3) is 0 Å². The van der Waals surface area contributed by atoms with Crippen molar-refractivity contribution in [3.8, 4) is 0 Å². The van der Waals surface area contributed by atoms with Gasteiger partial charge in [0, 0.05) is 26.7 Å². The van der Waals surface area contributed by atoms with Crippen LogP contribution in [0.15, 0.2) is 0 Å². The quantitative estimate of drug-likeness (QED) is 0.832. The number of rotatable bonds is 3. The standard InChI is InChI=1S/C13H22N2O3/c1-13(11(16)17)6-7-15(9-13)12(18)14(2)8-10-4-3-5-10/h10H,3-9H2,1-2H3,(H,16,17). The lowest BCUT2D eigenvalue weighted by Crippen LogP contribution is -2.44. The highest BCUT2D eigenvalue weighted by molar-refractivity contribution is 5.79. The summed E-state index contributed by atoms with van der Waals surface area (Å²) in [7, 11) is 1.82. The molecule has 1 unspecified atom stereocenters. The van der Waals surface area contributed by atoms with E-state index in [2.05, 4.69) is 0 Å². The highest BCUT2D eigenvalue weighted by atomic mass is 16.4. The Bertz CT molecular complexity index is 354. The zero-order valence-electron chi connectivity index (χ0n) is 11.2. The molecule has 1 heterocycles. The number of amides is 2. The molecular formula is C13H22N2O3. The van der Waals surface area contributed by atoms with Gasteiger partial charge in [-0.3, -0.25) is 4.79 Å². The van der Waals surface area contributed by atoms with Gasteiger partial charge in [0.1, 0.15) is 0 Å². The largest absolute Gasteiger partial charge is 0.481 e. The van der Waals surface area contributed by atoms with Gasteiger partial charge in [-0.05, 0) is 32.1 Å². The molecule has 18 heavy (non-hydrogen) atoms. The van der Waals surface area contributed by atoms with E-state index in [9.17, 15) is 9.59 Å². The highest BCUT2D eigenvalue weighted by Gasteiger charge is 2.42. The Balaban J connectivity index is 1.88. The molecule has 0 aromatic rings. The normalized spacial score (nSPS) is 28.0. The van der Waals surface area contributed by atoms with E-state index < -0.39 is 11.4 Å². The van der Waals surface area contributed by atoms with E-state index in [4.69, 9.17) is 5.11 Å². The predicted octanol–water partition coefficient (Wildman–Crippen LogP) is 1.63. The number of likely N-dealkylation sites (tertiary alicyclic amines) is 1. The maximum atomic E-state index is 12.2. The molecule has 1 saturated heterocycles. The van der Waals surface area contributed by atoms with Crippen LogP contribution in [0.2, 0.25) is 0 Å². The fraction of sp³-hybridized carbons (Fsp3) is 0.846. The van der Waals surface area contributed by atoms with Crippen LogP contribution in [-0.4, -0.2) is 53.6 Å². The second-order valence-electron chi connectivity index (χ2n) is 6.00. The van der Waals surface area contributed by atoms with Crippen LogP contribution in [-0.2, 0) is 4.79 Å². The first-order chi connectivity index (χ1) is 8.42. The van der Waals surface area contributed by atoms with E-state index in [-0.39, 0.29) is 6.03 Å². The Morgan fingerprint density at radius 2 is 2.11 bits per heavy atom. The third-order valence-electron chi connectivity index (χ3n) is 4.34. The van der Waals surface area contributed by atoms with E-state index in [1.54, 1.807) is 16.7 Å². The van der Waals surface area contributed by atoms with Gasteiger partial charge >= 0.3 is 12.0 Å². The molecule has 2 amide bonds. The lowest BCUT2D eigenvalue weighted by Gasteiger charge is -2.32. The lowest BCUT2D eigenvalue weighted by molar-refractivity contribution is -0.147. The molecule has 1 atom stereocenters. The second-order valence-corrected chi connectivity index (χ2v) is 6.00. The average Bonchev–Trinajstić information content (AvgIpc) is 2.66. The van der Waals surface area contributed by atoms with Crippen LogP contribution in [0.3, 0.4) is 0 Å². The first kappa shape index (κ1) is 13.2. The van der Waals surface area contributed by atoms with Crippen molar-refractivity contribution in [2.45, 2.75) is 32.6 Å². The van der Waals surface area contributed by atoms with Gasteiger partial charge < -0.3 is 14.9 Å². The minimum absolute atomic E-state index is 0.0214. The van der Waals surface area contributed by atoms with Crippen LogP contribution >= 0.6 is 0 Å². The summed E-state index contributed by atoms with van der Waals surface area (Å²) in [6.07, 6.45) is 4.24. The van der Waals surface area contributed by atoms with Gasteiger partial charge in [-0.15, -0.1) is 0 Å². The van der Waals surface area contributed by atoms with Crippen LogP contribution < -0.4 is 0 Å². The smallest absolute Gasteiger partial charge is 0.319 e. The number of aliphatic carboxylic acids is 1. The Labute approximate surface area is 108 Å². The number of hydrogen-bond acceptors (Lipinski definition) is 2. The van der Waals surface area contributed by atoms with Gasteiger partial charge in [-0.1, -0.05) is 6.42 Å². The second kappa shape index (κ2) is 4.78. The minimum Gasteiger partial charge on any atom is -0.481 e. The fourth-order valence-electron chi connectivity index (χ4n) is 2.68. The Hall–Kier alpha value is -1.26. The summed E-state index contributed by atoms with van der Waals surface area (Å²) in [5.41, 5.74) is -0.771. The molecule has 0 bridgehead atoms. The Morgan fingerprint density at radius 1 is 1.44 bits per heavy atom. The van der Waals surface area contributed by atoms with Gasteiger partial charge in [0.15, 0.2) is 0 Å². The first-order valence-electron chi connectivity index (χ1n) is 6.66. The topological polar surface area (TPSA) is 60.9 Å². The van der Waals surface area contributed by atoms with Gasteiger partial charge in [-0.2, -0.15) is 0 Å². The maximum absolute atomic E-state index is 12.2. The number of urea groups is 1. The SMILES string of the molecule is CN(CC1CCC1)C(=O)N1CCC(C)(C(=O)O)C1. The Morgan fingerprint density at radius 3 is 2.56 bits per heavy atom. The number of nitrogens with zero attached hydrogens (tertiary/aromatic N) is 2. The molecule has 1 aliphatic carbocycles. The van der Waals surface area contributed by atoms with E-state index in [0.29, 0.717) is 25.4 Å². The predicted molar refractivity (Wildman–Crippen MR) is 67.3 cm³/mol. The van der Waals surface area contributed by atoms with Crippen LogP contribution in [0.1, 0.15) is 32.6 Å². The minimum atomic E-state index is -0.806. The van der Waals surface area contributed by atoms with E-state index >= 15 is 0 Å². The van der Waals surface area contributed by atoms with Crippen LogP contribution in [0.4, 0.5) is 4.79 Å². The summed E-state index contributed by atoms with van der Waals surface area (Å²) in [6, 6.07) is -0.0214. The number of carbonyl (C=O) groups excluding carboxylic acids is 1. The Kier molecular flexibility index (Phi) is 3.50. The number of carbonyl (C=O) groups is 2. The molecule has 2 aliphatic rings. The molecule has 2 fully saturated rings. The summed E-state index contributed by atoms with van der Waals surface area (Å²) in [4.78, 5) is 26.8. The molecule has 1 aliphatic heterocycles. The molecule has 0 aromatic carbocycles. The number of hydrogen-bond donors (Lipinski definition) is 1. The fourth-order valence-corrected chi connectivity index (χ4v) is 2.68. The third kappa shape index (κ3) is 2.44. The zero-order chi connectivity index (χ0) is 13.3. The maximum Gasteiger partial charge on any atom is 0.319 e. The van der Waals surface area contributed by atoms with Crippen molar-refractivity contribution in [2.75, 3.05) is 26.7 Å². The summed E-state index contributed by atoms with van der Waals surface area (Å²) >= 11 is 0. The van der Waals surface area contributed by atoms with E-state index in [1.807, 2.05) is 7.05 Å². The first-order valence-corrected chi connectivity index (χ1v) is 6.66. The molecule has 102 valence electrons. The van der Waals surface area contributed by atoms with Crippen molar-refractivity contribution in [2.24, 2.45) is 11.3 Å². The van der Waals surface area contributed by atoms with Crippen molar-refractivity contribution in [1.29, 1.82) is 0 Å². The van der Waals surface area contributed by atoms with Crippen molar-refractivity contribution in [1.82, 2.24) is 9.80 Å². The molecule has 2 rings (SSSR count). The summed E-state index contributed by atoms with van der Waals surface area (Å²) in [5, 5.41) is 9.15. The molecule has 1 N–H and O–H groups in total. The van der Waals surface area contributed by atoms with Crippen LogP contribution in [0.5, 0.6) is 0 Å². The molecular weight excluding hydrogens is 232 g/mol. The monoisotopic (exact) mass is 254 g/mol. The zero-order valence-corrected chi connectivity index (χ0v) is 11.2. The molecule has 0 spiro atoms. The van der Waals surface area contributed by atoms with E-state index in [1.165, 1.54) is 19.3 Å². The number of carboxylic acid groups (broad SMARTS) is 1. The summed E-state index contributed by atoms with van der Waals surface area (Å²) in [6.45, 7) is 3.40. The third-order valence-corrected chi connectivity index (χ3v) is 4.34. The van der Waals surface area contributed by atoms with Gasteiger partial charge in [-0.25, -0.2) is 4.79 Å². The molecule has 0 aromatic heterocycles. The molecule has 1 saturated carbocycles. The molecule has 0 radical (unpaired) electrons. The summed E-state index contributed by atoms with van der Waals surface area (Å²) in [5.74, 6) is -0.160. The van der Waals surface area contributed by atoms with Crippen molar-refractivity contribution < 1.29 is 14.7 Å². The van der Waals surface area contributed by atoms with Crippen molar-refractivity contribution >= 4 is 12.0 Å². The molecule has 5 nitrogen and oxygen atoms in total. The van der Waals surface area contributed by atoms with E-state index in [0.717, 1.165) is 6.54 Å². The van der Waals surface area contributed by atoms with Gasteiger partial charge in [0.25, 0.3) is 0 Å². The van der Waals surface area contributed by atoms with Gasteiger partial charge in [0.2, 0.25) is 0 Å². The van der Waals surface area contributed by atoms with Crippen molar-refractivity contribution in [3.63, 3.8) is 0 Å². The summed E-state index contributed by atoms with van der Waals surface area (Å²) < 4.78 is 0. The highest BCUT2D eigenvalue weighted by Crippen LogP contribution is 2.31. The average molecular weight is 254 g/mol. The molecule has 5 heteroatoms. The lowest BCUT2D eigenvalue weighted by atomic mass is 9.85. The number of carboxylic acids is 1.